The minimum atomic E-state index is 0.0493. The van der Waals surface area contributed by atoms with Crippen molar-refractivity contribution in [2.45, 2.75) is 32.7 Å². The molecule has 0 spiro atoms. The van der Waals surface area contributed by atoms with Crippen LogP contribution in [0, 0.1) is 13.8 Å². The average Bonchev–Trinajstić information content (AvgIpc) is 3.23. The number of carbonyl (C=O) groups is 1. The molecule has 0 saturated carbocycles. The van der Waals surface area contributed by atoms with E-state index in [-0.39, 0.29) is 11.9 Å². The van der Waals surface area contributed by atoms with Gasteiger partial charge in [-0.25, -0.2) is 9.97 Å². The predicted octanol–water partition coefficient (Wildman–Crippen LogP) is 2.96. The number of aromatic nitrogens is 4. The topological polar surface area (TPSA) is 63.9 Å². The molecule has 0 N–H and O–H groups in total. The fourth-order valence-corrected chi connectivity index (χ4v) is 3.50. The van der Waals surface area contributed by atoms with Crippen molar-refractivity contribution in [3.63, 3.8) is 0 Å². The van der Waals surface area contributed by atoms with Gasteiger partial charge in [0.1, 0.15) is 0 Å². The second-order valence-electron chi connectivity index (χ2n) is 6.70. The lowest BCUT2D eigenvalue weighted by molar-refractivity contribution is 0.0736. The molecule has 0 radical (unpaired) electrons. The number of likely N-dealkylation sites (tertiary alicyclic amines) is 1. The summed E-state index contributed by atoms with van der Waals surface area (Å²) in [5.41, 5.74) is 5.17. The summed E-state index contributed by atoms with van der Waals surface area (Å²) in [6, 6.07) is 5.70. The molecule has 2 aromatic heterocycles. The molecule has 0 bridgehead atoms. The molecule has 6 heteroatoms. The number of benzene rings is 1. The first-order chi connectivity index (χ1) is 12.0. The Morgan fingerprint density at radius 1 is 1.16 bits per heavy atom. The van der Waals surface area contributed by atoms with E-state index in [1.807, 2.05) is 56.4 Å². The molecule has 3 heterocycles. The van der Waals surface area contributed by atoms with Crippen molar-refractivity contribution in [2.75, 3.05) is 6.54 Å². The number of amides is 1. The monoisotopic (exact) mass is 335 g/mol. The van der Waals surface area contributed by atoms with Gasteiger partial charge in [0.15, 0.2) is 0 Å². The van der Waals surface area contributed by atoms with Crippen LogP contribution in [0.3, 0.4) is 0 Å². The Morgan fingerprint density at radius 2 is 1.92 bits per heavy atom. The summed E-state index contributed by atoms with van der Waals surface area (Å²) in [5.74, 6) is 0.0493. The summed E-state index contributed by atoms with van der Waals surface area (Å²) < 4.78 is 1.78. The van der Waals surface area contributed by atoms with Crippen molar-refractivity contribution in [1.29, 1.82) is 0 Å². The van der Waals surface area contributed by atoms with Gasteiger partial charge >= 0.3 is 0 Å². The lowest BCUT2D eigenvalue weighted by Gasteiger charge is -2.24. The summed E-state index contributed by atoms with van der Waals surface area (Å²) in [7, 11) is 1.90. The second-order valence-corrected chi connectivity index (χ2v) is 6.70. The average molecular weight is 335 g/mol. The maximum Gasteiger partial charge on any atom is 0.254 e. The third-order valence-electron chi connectivity index (χ3n) is 4.95. The number of aryl methyl sites for hydroxylation is 3. The molecule has 1 unspecified atom stereocenters. The van der Waals surface area contributed by atoms with Crippen molar-refractivity contribution in [3.8, 4) is 0 Å². The zero-order chi connectivity index (χ0) is 17.6. The maximum atomic E-state index is 13.1. The van der Waals surface area contributed by atoms with Crippen molar-refractivity contribution in [1.82, 2.24) is 24.6 Å². The first kappa shape index (κ1) is 15.7. The fraction of sp³-hybridized carbons (Fsp3) is 0.368. The zero-order valence-corrected chi connectivity index (χ0v) is 14.7. The third kappa shape index (κ3) is 2.77. The van der Waals surface area contributed by atoms with Gasteiger partial charge in [0.25, 0.3) is 5.91 Å². The van der Waals surface area contributed by atoms with Crippen molar-refractivity contribution in [3.05, 3.63) is 53.1 Å². The van der Waals surface area contributed by atoms with Crippen LogP contribution >= 0.6 is 0 Å². The van der Waals surface area contributed by atoms with Crippen LogP contribution in [0.4, 0.5) is 0 Å². The molecule has 6 nitrogen and oxygen atoms in total. The summed E-state index contributed by atoms with van der Waals surface area (Å²) in [5, 5.41) is 4.25. The van der Waals surface area contributed by atoms with Crippen LogP contribution in [-0.4, -0.2) is 37.1 Å². The van der Waals surface area contributed by atoms with Crippen LogP contribution in [0.2, 0.25) is 0 Å². The van der Waals surface area contributed by atoms with E-state index in [4.69, 9.17) is 0 Å². The molecule has 1 aromatic carbocycles. The minimum absolute atomic E-state index is 0.0493. The second kappa shape index (κ2) is 5.95. The molecule has 128 valence electrons. The number of rotatable bonds is 2. The van der Waals surface area contributed by atoms with E-state index < -0.39 is 0 Å². The molecule has 25 heavy (non-hydrogen) atoms. The zero-order valence-electron chi connectivity index (χ0n) is 14.7. The van der Waals surface area contributed by atoms with E-state index in [2.05, 4.69) is 15.1 Å². The maximum absolute atomic E-state index is 13.1. The summed E-state index contributed by atoms with van der Waals surface area (Å²) in [6.07, 6.45) is 5.84. The van der Waals surface area contributed by atoms with Gasteiger partial charge < -0.3 is 4.90 Å². The minimum Gasteiger partial charge on any atom is -0.331 e. The van der Waals surface area contributed by atoms with Gasteiger partial charge in [-0.2, -0.15) is 5.10 Å². The van der Waals surface area contributed by atoms with Crippen molar-refractivity contribution < 1.29 is 4.79 Å². The molecule has 1 aliphatic heterocycles. The molecule has 1 atom stereocenters. The van der Waals surface area contributed by atoms with Crippen LogP contribution in [0.25, 0.3) is 11.0 Å². The Kier molecular flexibility index (Phi) is 3.75. The number of hydrogen-bond donors (Lipinski definition) is 0. The van der Waals surface area contributed by atoms with E-state index in [0.29, 0.717) is 5.56 Å². The Morgan fingerprint density at radius 3 is 2.64 bits per heavy atom. The molecule has 1 amide bonds. The van der Waals surface area contributed by atoms with Crippen LogP contribution in [-0.2, 0) is 7.05 Å². The van der Waals surface area contributed by atoms with E-state index in [1.54, 1.807) is 4.68 Å². The standard InChI is InChI=1S/C19H21N5O/c1-12-13(2)22-17-9-14(6-7-16(17)21-12)19(25)24-8-4-5-18(24)15-10-20-23(3)11-15/h6-7,9-11,18H,4-5,8H2,1-3H3. The molecule has 1 saturated heterocycles. The molecule has 1 fully saturated rings. The first-order valence-electron chi connectivity index (χ1n) is 8.57. The van der Waals surface area contributed by atoms with Crippen LogP contribution < -0.4 is 0 Å². The quantitative estimate of drug-likeness (QED) is 0.722. The molecule has 3 aromatic rings. The highest BCUT2D eigenvalue weighted by Crippen LogP contribution is 2.33. The largest absolute Gasteiger partial charge is 0.331 e. The highest BCUT2D eigenvalue weighted by Gasteiger charge is 2.31. The highest BCUT2D eigenvalue weighted by molar-refractivity contribution is 5.97. The van der Waals surface area contributed by atoms with Crippen molar-refractivity contribution >= 4 is 16.9 Å². The van der Waals surface area contributed by atoms with Crippen LogP contribution in [0.1, 0.15) is 46.2 Å². The Labute approximate surface area is 146 Å². The van der Waals surface area contributed by atoms with Crippen LogP contribution in [0.15, 0.2) is 30.6 Å². The molecule has 4 rings (SSSR count). The lowest BCUT2D eigenvalue weighted by atomic mass is 10.1. The van der Waals surface area contributed by atoms with Crippen molar-refractivity contribution in [2.24, 2.45) is 7.05 Å². The normalized spacial score (nSPS) is 17.4. The number of hydrogen-bond acceptors (Lipinski definition) is 4. The predicted molar refractivity (Wildman–Crippen MR) is 95.2 cm³/mol. The summed E-state index contributed by atoms with van der Waals surface area (Å²) in [6.45, 7) is 4.66. The van der Waals surface area contributed by atoms with E-state index >= 15 is 0 Å². The number of carbonyl (C=O) groups excluding carboxylic acids is 1. The number of nitrogens with zero attached hydrogens (tertiary/aromatic N) is 5. The summed E-state index contributed by atoms with van der Waals surface area (Å²) >= 11 is 0. The Bertz CT molecular complexity index is 962. The fourth-order valence-electron chi connectivity index (χ4n) is 3.50. The van der Waals surface area contributed by atoms with Gasteiger partial charge in [-0.3, -0.25) is 9.48 Å². The third-order valence-corrected chi connectivity index (χ3v) is 4.95. The van der Waals surface area contributed by atoms with Gasteiger partial charge in [-0.15, -0.1) is 0 Å². The lowest BCUT2D eigenvalue weighted by Crippen LogP contribution is -2.30. The Balaban J connectivity index is 1.67. The van der Waals surface area contributed by atoms with Gasteiger partial charge in [-0.1, -0.05) is 0 Å². The highest BCUT2D eigenvalue weighted by atomic mass is 16.2. The van der Waals surface area contributed by atoms with E-state index in [9.17, 15) is 4.79 Å². The van der Waals surface area contributed by atoms with Crippen LogP contribution in [0.5, 0.6) is 0 Å². The smallest absolute Gasteiger partial charge is 0.254 e. The SMILES string of the molecule is Cc1nc2ccc(C(=O)N3CCCC3c3cnn(C)c3)cc2nc1C. The molecular formula is C19H21N5O. The summed E-state index contributed by atoms with van der Waals surface area (Å²) in [4.78, 5) is 24.2. The van der Waals surface area contributed by atoms with E-state index in [1.165, 1.54) is 0 Å². The van der Waals surface area contributed by atoms with Gasteiger partial charge in [0.2, 0.25) is 0 Å². The molecule has 1 aliphatic rings. The van der Waals surface area contributed by atoms with Gasteiger partial charge in [0, 0.05) is 30.9 Å². The number of fused-ring (bicyclic) bond motifs is 1. The Hall–Kier alpha value is -2.76. The molecular weight excluding hydrogens is 314 g/mol. The molecule has 0 aliphatic carbocycles. The van der Waals surface area contributed by atoms with Gasteiger partial charge in [0.05, 0.1) is 34.7 Å². The van der Waals surface area contributed by atoms with Gasteiger partial charge in [-0.05, 0) is 44.9 Å². The van der Waals surface area contributed by atoms with E-state index in [0.717, 1.165) is 47.4 Å². The first-order valence-corrected chi connectivity index (χ1v) is 8.57.